The van der Waals surface area contributed by atoms with Gasteiger partial charge >= 0.3 is 6.03 Å². The van der Waals surface area contributed by atoms with Crippen LogP contribution in [0.2, 0.25) is 4.34 Å². The molecule has 0 aromatic carbocycles. The lowest BCUT2D eigenvalue weighted by Gasteiger charge is -2.06. The Bertz CT molecular complexity index is 544. The number of carbonyl (C=O) groups excluding carboxylic acids is 1. The van der Waals surface area contributed by atoms with Crippen LogP contribution >= 0.6 is 22.9 Å². The zero-order chi connectivity index (χ0) is 13.1. The number of anilines is 1. The Morgan fingerprint density at radius 2 is 2.28 bits per heavy atom. The average Bonchev–Trinajstić information content (AvgIpc) is 2.87. The summed E-state index contributed by atoms with van der Waals surface area (Å²) in [6.07, 6.45) is 0. The normalized spacial score (nSPS) is 10.4. The Balaban J connectivity index is 1.89. The largest absolute Gasteiger partial charge is 0.333 e. The van der Waals surface area contributed by atoms with Gasteiger partial charge in [0.1, 0.15) is 0 Å². The van der Waals surface area contributed by atoms with Gasteiger partial charge in [-0.2, -0.15) is 5.10 Å². The number of urea groups is 1. The van der Waals surface area contributed by atoms with Crippen molar-refractivity contribution in [3.63, 3.8) is 0 Å². The molecule has 0 aliphatic rings. The minimum Gasteiger partial charge on any atom is -0.333 e. The second kappa shape index (κ2) is 5.41. The summed E-state index contributed by atoms with van der Waals surface area (Å²) in [4.78, 5) is 12.7. The van der Waals surface area contributed by atoms with Gasteiger partial charge in [0.25, 0.3) is 0 Å². The van der Waals surface area contributed by atoms with Crippen molar-refractivity contribution in [1.82, 2.24) is 15.5 Å². The van der Waals surface area contributed by atoms with Gasteiger partial charge < -0.3 is 10.6 Å². The van der Waals surface area contributed by atoms with Crippen molar-refractivity contribution in [2.24, 2.45) is 0 Å². The predicted octanol–water partition coefficient (Wildman–Crippen LogP) is 3.06. The minimum atomic E-state index is -0.257. The van der Waals surface area contributed by atoms with E-state index >= 15 is 0 Å². The lowest BCUT2D eigenvalue weighted by molar-refractivity contribution is 0.252. The fraction of sp³-hybridized carbons (Fsp3) is 0.273. The van der Waals surface area contributed by atoms with Crippen molar-refractivity contribution in [2.45, 2.75) is 20.4 Å². The van der Waals surface area contributed by atoms with E-state index in [1.165, 1.54) is 11.3 Å². The van der Waals surface area contributed by atoms with Crippen LogP contribution < -0.4 is 10.6 Å². The molecule has 2 aromatic heterocycles. The molecule has 2 amide bonds. The van der Waals surface area contributed by atoms with Gasteiger partial charge in [-0.3, -0.25) is 5.10 Å². The number of hydrogen-bond acceptors (Lipinski definition) is 3. The van der Waals surface area contributed by atoms with Gasteiger partial charge in [0, 0.05) is 4.88 Å². The Labute approximate surface area is 114 Å². The van der Waals surface area contributed by atoms with Crippen LogP contribution in [-0.4, -0.2) is 16.2 Å². The second-order valence-corrected chi connectivity index (χ2v) is 5.62. The van der Waals surface area contributed by atoms with Crippen molar-refractivity contribution >= 4 is 34.7 Å². The summed E-state index contributed by atoms with van der Waals surface area (Å²) in [5.74, 6) is 0. The van der Waals surface area contributed by atoms with Crippen molar-refractivity contribution in [1.29, 1.82) is 0 Å². The van der Waals surface area contributed by atoms with E-state index in [2.05, 4.69) is 20.8 Å². The zero-order valence-corrected chi connectivity index (χ0v) is 11.6. The van der Waals surface area contributed by atoms with Gasteiger partial charge in [-0.05, 0) is 26.0 Å². The Morgan fingerprint density at radius 1 is 1.50 bits per heavy atom. The molecule has 2 rings (SSSR count). The average molecular weight is 285 g/mol. The number of aromatic nitrogens is 2. The molecule has 0 aliphatic carbocycles. The molecule has 0 spiro atoms. The van der Waals surface area contributed by atoms with Gasteiger partial charge in [-0.25, -0.2) is 4.79 Å². The van der Waals surface area contributed by atoms with Crippen LogP contribution in [0.5, 0.6) is 0 Å². The van der Waals surface area contributed by atoms with Gasteiger partial charge in [0.15, 0.2) is 0 Å². The first-order valence-corrected chi connectivity index (χ1v) is 6.56. The first kappa shape index (κ1) is 12.9. The fourth-order valence-electron chi connectivity index (χ4n) is 1.51. The third-order valence-electron chi connectivity index (χ3n) is 2.42. The first-order valence-electron chi connectivity index (χ1n) is 5.37. The van der Waals surface area contributed by atoms with E-state index in [1.54, 1.807) is 0 Å². The van der Waals surface area contributed by atoms with E-state index < -0.39 is 0 Å². The highest BCUT2D eigenvalue weighted by molar-refractivity contribution is 7.16. The number of thiophene rings is 1. The maximum atomic E-state index is 11.7. The maximum absolute atomic E-state index is 11.7. The Morgan fingerprint density at radius 3 is 2.83 bits per heavy atom. The van der Waals surface area contributed by atoms with Crippen LogP contribution in [-0.2, 0) is 6.54 Å². The summed E-state index contributed by atoms with van der Waals surface area (Å²) in [5, 5.41) is 12.3. The van der Waals surface area contributed by atoms with Crippen LogP contribution in [0.25, 0.3) is 0 Å². The smallest absolute Gasteiger partial charge is 0.319 e. The molecular weight excluding hydrogens is 272 g/mol. The highest BCUT2D eigenvalue weighted by atomic mass is 35.5. The number of hydrogen-bond donors (Lipinski definition) is 3. The number of carbonyl (C=O) groups is 1. The molecule has 0 saturated heterocycles. The first-order chi connectivity index (χ1) is 8.56. The molecule has 2 aromatic rings. The minimum absolute atomic E-state index is 0.257. The molecule has 0 fully saturated rings. The van der Waals surface area contributed by atoms with Crippen LogP contribution in [0.1, 0.15) is 16.3 Å². The summed E-state index contributed by atoms with van der Waals surface area (Å²) < 4.78 is 0.716. The number of nitrogens with one attached hydrogen (secondary N) is 3. The number of aromatic amines is 1. The van der Waals surface area contributed by atoms with E-state index in [-0.39, 0.29) is 6.03 Å². The number of nitrogens with zero attached hydrogens (tertiary/aromatic N) is 1. The number of rotatable bonds is 3. The summed E-state index contributed by atoms with van der Waals surface area (Å²) in [7, 11) is 0. The molecule has 5 nitrogen and oxygen atoms in total. The summed E-state index contributed by atoms with van der Waals surface area (Å²) in [6.45, 7) is 4.14. The molecule has 7 heteroatoms. The predicted molar refractivity (Wildman–Crippen MR) is 73.2 cm³/mol. The Kier molecular flexibility index (Phi) is 3.88. The number of aryl methyl sites for hydroxylation is 2. The number of halogens is 1. The van der Waals surface area contributed by atoms with Gasteiger partial charge in [-0.1, -0.05) is 11.6 Å². The van der Waals surface area contributed by atoms with Crippen molar-refractivity contribution in [3.05, 3.63) is 32.7 Å². The summed E-state index contributed by atoms with van der Waals surface area (Å²) >= 11 is 7.26. The standard InChI is InChI=1S/C11H13ClN4OS/c1-6-10(7(2)16-15-6)14-11(17)13-5-8-3-4-9(12)18-8/h3-4H,5H2,1-2H3,(H,15,16)(H2,13,14,17). The highest BCUT2D eigenvalue weighted by Crippen LogP contribution is 2.21. The Hall–Kier alpha value is -1.53. The van der Waals surface area contributed by atoms with E-state index in [9.17, 15) is 4.79 Å². The van der Waals surface area contributed by atoms with Crippen molar-refractivity contribution < 1.29 is 4.79 Å². The number of amides is 2. The molecule has 0 bridgehead atoms. The van der Waals surface area contributed by atoms with E-state index in [0.29, 0.717) is 10.9 Å². The maximum Gasteiger partial charge on any atom is 0.319 e. The monoisotopic (exact) mass is 284 g/mol. The second-order valence-electron chi connectivity index (χ2n) is 3.82. The van der Waals surface area contributed by atoms with Gasteiger partial charge in [-0.15, -0.1) is 11.3 Å². The lowest BCUT2D eigenvalue weighted by Crippen LogP contribution is -2.28. The molecule has 0 saturated carbocycles. The molecule has 3 N–H and O–H groups in total. The van der Waals surface area contributed by atoms with Crippen LogP contribution in [0, 0.1) is 13.8 Å². The zero-order valence-electron chi connectivity index (χ0n) is 10.0. The van der Waals surface area contributed by atoms with E-state index in [1.807, 2.05) is 26.0 Å². The van der Waals surface area contributed by atoms with Crippen molar-refractivity contribution in [2.75, 3.05) is 5.32 Å². The highest BCUT2D eigenvalue weighted by Gasteiger charge is 2.09. The van der Waals surface area contributed by atoms with Gasteiger partial charge in [0.05, 0.1) is 28.0 Å². The molecule has 0 atom stereocenters. The lowest BCUT2D eigenvalue weighted by atomic mass is 10.3. The SMILES string of the molecule is Cc1n[nH]c(C)c1NC(=O)NCc1ccc(Cl)s1. The molecule has 2 heterocycles. The topological polar surface area (TPSA) is 69.8 Å². The fourth-order valence-corrected chi connectivity index (χ4v) is 2.53. The molecular formula is C11H13ClN4OS. The molecule has 96 valence electrons. The molecule has 18 heavy (non-hydrogen) atoms. The van der Waals surface area contributed by atoms with E-state index in [0.717, 1.165) is 22.0 Å². The van der Waals surface area contributed by atoms with Crippen molar-refractivity contribution in [3.8, 4) is 0 Å². The summed E-state index contributed by atoms with van der Waals surface area (Å²) in [6, 6.07) is 3.44. The molecule has 0 radical (unpaired) electrons. The van der Waals surface area contributed by atoms with E-state index in [4.69, 9.17) is 11.6 Å². The van der Waals surface area contributed by atoms with Crippen LogP contribution in [0.4, 0.5) is 10.5 Å². The summed E-state index contributed by atoms with van der Waals surface area (Å²) in [5.41, 5.74) is 2.32. The molecule has 0 aliphatic heterocycles. The quantitative estimate of drug-likeness (QED) is 0.811. The van der Waals surface area contributed by atoms with Crippen LogP contribution in [0.3, 0.4) is 0 Å². The number of H-pyrrole nitrogens is 1. The van der Waals surface area contributed by atoms with Crippen LogP contribution in [0.15, 0.2) is 12.1 Å². The van der Waals surface area contributed by atoms with Gasteiger partial charge in [0.2, 0.25) is 0 Å². The third-order valence-corrected chi connectivity index (χ3v) is 3.65. The molecule has 0 unspecified atom stereocenters. The third kappa shape index (κ3) is 3.02.